The van der Waals surface area contributed by atoms with Crippen molar-refractivity contribution in [2.24, 2.45) is 11.8 Å². The average molecular weight is 800 g/mol. The Morgan fingerprint density at radius 1 is 0.789 bits per heavy atom. The van der Waals surface area contributed by atoms with Crippen LogP contribution in [0.3, 0.4) is 0 Å². The molecule has 1 saturated carbocycles. The first-order valence-electron chi connectivity index (χ1n) is 19.6. The molecule has 0 spiro atoms. The summed E-state index contributed by atoms with van der Waals surface area (Å²) in [6, 6.07) is 16.9. The highest BCUT2D eigenvalue weighted by molar-refractivity contribution is 5.71. The summed E-state index contributed by atoms with van der Waals surface area (Å²) in [5.41, 5.74) is 1.68. The molecule has 5 aliphatic rings. The lowest BCUT2D eigenvalue weighted by Crippen LogP contribution is -2.66. The number of benzene rings is 2. The summed E-state index contributed by atoms with van der Waals surface area (Å²) >= 11 is 0. The molecule has 17 nitrogen and oxygen atoms in total. The molecule has 0 bridgehead atoms. The first-order chi connectivity index (χ1) is 27.5. The van der Waals surface area contributed by atoms with Gasteiger partial charge < -0.3 is 63.8 Å². The fourth-order valence-electron chi connectivity index (χ4n) is 8.28. The van der Waals surface area contributed by atoms with Gasteiger partial charge in [0.25, 0.3) is 0 Å². The highest BCUT2D eigenvalue weighted by atomic mass is 16.8. The van der Waals surface area contributed by atoms with Crippen molar-refractivity contribution in [3.05, 3.63) is 71.8 Å². The maximum atomic E-state index is 13.1. The highest BCUT2D eigenvalue weighted by Crippen LogP contribution is 2.42. The molecule has 4 aliphatic heterocycles. The number of aliphatic hydroxyl groups excluding tert-OH is 3. The Hall–Kier alpha value is -4.07. The zero-order valence-corrected chi connectivity index (χ0v) is 32.2. The first kappa shape index (κ1) is 41.1. The van der Waals surface area contributed by atoms with Gasteiger partial charge in [-0.25, -0.2) is 14.4 Å². The number of nitrogens with zero attached hydrogens (tertiary/aromatic N) is 1. The number of amides is 3. The van der Waals surface area contributed by atoms with E-state index >= 15 is 0 Å². The van der Waals surface area contributed by atoms with Crippen LogP contribution in [0, 0.1) is 11.8 Å². The molecule has 15 atom stereocenters. The van der Waals surface area contributed by atoms with Gasteiger partial charge in [-0.1, -0.05) is 74.5 Å². The summed E-state index contributed by atoms with van der Waals surface area (Å²) in [4.78, 5) is 40.2. The largest absolute Gasteiger partial charge is 0.445 e. The number of rotatable bonds is 11. The van der Waals surface area contributed by atoms with E-state index in [1.54, 1.807) is 6.92 Å². The average Bonchev–Trinajstić information content (AvgIpc) is 3.52. The molecule has 8 unspecified atom stereocenters. The molecule has 0 radical (unpaired) electrons. The number of nitrogens with one attached hydrogen (secondary N) is 2. The summed E-state index contributed by atoms with van der Waals surface area (Å²) in [7, 11) is 1.54. The molecule has 5 fully saturated rings. The number of hydrogen-bond donors (Lipinski definition) is 5. The molecule has 2 aromatic carbocycles. The van der Waals surface area contributed by atoms with Crippen LogP contribution in [-0.4, -0.2) is 132 Å². The van der Waals surface area contributed by atoms with Crippen molar-refractivity contribution in [2.75, 3.05) is 13.7 Å². The number of aliphatic hydroxyl groups is 3. The Balaban J connectivity index is 1.01. The second-order valence-corrected chi connectivity index (χ2v) is 15.6. The van der Waals surface area contributed by atoms with Gasteiger partial charge in [0.15, 0.2) is 25.0 Å². The topological polar surface area (TPSA) is 213 Å². The van der Waals surface area contributed by atoms with Crippen LogP contribution in [0.25, 0.3) is 0 Å². The maximum Gasteiger partial charge on any atom is 0.410 e. The van der Waals surface area contributed by atoms with E-state index in [-0.39, 0.29) is 25.2 Å². The smallest absolute Gasteiger partial charge is 0.410 e. The van der Waals surface area contributed by atoms with Crippen LogP contribution in [0.15, 0.2) is 60.7 Å². The van der Waals surface area contributed by atoms with E-state index in [9.17, 15) is 29.7 Å². The Morgan fingerprint density at radius 3 is 2.09 bits per heavy atom. The molecule has 3 amide bonds. The SMILES string of the molecule is CC1C[C@@H]2OC(O[C@H]3OC(CO)[C@@H](C)[C@@H](O)C3O)C3C(OC(=O)N3C)C2O[C@@H]1O[C@H]1CC[C@H](NC(=O)OCc2ccccc2)CC1NC(=O)OCc1ccccc1. The first-order valence-corrected chi connectivity index (χ1v) is 19.6. The molecule has 4 heterocycles. The van der Waals surface area contributed by atoms with E-state index in [0.29, 0.717) is 25.7 Å². The predicted molar refractivity (Wildman–Crippen MR) is 197 cm³/mol. The van der Waals surface area contributed by atoms with Gasteiger partial charge in [-0.15, -0.1) is 0 Å². The zero-order chi connectivity index (χ0) is 40.2. The summed E-state index contributed by atoms with van der Waals surface area (Å²) in [6.07, 6.45) is -9.63. The molecule has 0 aromatic heterocycles. The predicted octanol–water partition coefficient (Wildman–Crippen LogP) is 2.53. The van der Waals surface area contributed by atoms with Crippen molar-refractivity contribution in [1.82, 2.24) is 15.5 Å². The number of alkyl carbamates (subject to hydrolysis) is 2. The molecule has 5 N–H and O–H groups in total. The van der Waals surface area contributed by atoms with Gasteiger partial charge in [0.05, 0.1) is 37.1 Å². The molecule has 57 heavy (non-hydrogen) atoms. The van der Waals surface area contributed by atoms with Crippen LogP contribution < -0.4 is 10.6 Å². The van der Waals surface area contributed by atoms with E-state index in [1.165, 1.54) is 11.9 Å². The lowest BCUT2D eigenvalue weighted by Gasteiger charge is -2.50. The van der Waals surface area contributed by atoms with Gasteiger partial charge >= 0.3 is 18.3 Å². The summed E-state index contributed by atoms with van der Waals surface area (Å²) in [5.74, 6) is -0.800. The minimum atomic E-state index is -1.44. The molecular formula is C40H53N3O14. The summed E-state index contributed by atoms with van der Waals surface area (Å²) in [6.45, 7) is 3.37. The van der Waals surface area contributed by atoms with E-state index in [4.69, 9.17) is 37.9 Å². The molecule has 4 saturated heterocycles. The van der Waals surface area contributed by atoms with E-state index in [2.05, 4.69) is 10.6 Å². The Bertz CT molecular complexity index is 1660. The van der Waals surface area contributed by atoms with Crippen LogP contribution in [0.1, 0.15) is 50.7 Å². The van der Waals surface area contributed by atoms with E-state index < -0.39 is 104 Å². The molecule has 2 aromatic rings. The molecule has 17 heteroatoms. The molecule has 1 aliphatic carbocycles. The second-order valence-electron chi connectivity index (χ2n) is 15.6. The second kappa shape index (κ2) is 18.2. The summed E-state index contributed by atoms with van der Waals surface area (Å²) in [5, 5.41) is 37.1. The van der Waals surface area contributed by atoms with Crippen LogP contribution in [0.5, 0.6) is 0 Å². The normalized spacial score (nSPS) is 37.6. The van der Waals surface area contributed by atoms with Gasteiger partial charge in [0.2, 0.25) is 0 Å². The van der Waals surface area contributed by atoms with Gasteiger partial charge in [-0.3, -0.25) is 4.90 Å². The van der Waals surface area contributed by atoms with Gasteiger partial charge in [-0.2, -0.15) is 0 Å². The molecule has 312 valence electrons. The molecular weight excluding hydrogens is 746 g/mol. The van der Waals surface area contributed by atoms with Crippen molar-refractivity contribution in [3.8, 4) is 0 Å². The van der Waals surface area contributed by atoms with Crippen molar-refractivity contribution in [1.29, 1.82) is 0 Å². The fraction of sp³-hybridized carbons (Fsp3) is 0.625. The number of carbonyl (C=O) groups excluding carboxylic acids is 3. The summed E-state index contributed by atoms with van der Waals surface area (Å²) < 4.78 is 48.4. The molecule has 7 rings (SSSR count). The lowest BCUT2D eigenvalue weighted by atomic mass is 9.86. The zero-order valence-electron chi connectivity index (χ0n) is 32.2. The third-order valence-electron chi connectivity index (χ3n) is 11.6. The van der Waals surface area contributed by atoms with E-state index in [1.807, 2.05) is 67.6 Å². The van der Waals surface area contributed by atoms with Crippen LogP contribution >= 0.6 is 0 Å². The maximum absolute atomic E-state index is 13.1. The van der Waals surface area contributed by atoms with Crippen LogP contribution in [0.2, 0.25) is 0 Å². The number of likely N-dealkylation sites (N-methyl/N-ethyl adjacent to an activating group) is 1. The fourth-order valence-corrected chi connectivity index (χ4v) is 8.28. The number of fused-ring (bicyclic) bond motifs is 3. The third kappa shape index (κ3) is 9.47. The quantitative estimate of drug-likeness (QED) is 0.207. The number of ether oxygens (including phenoxy) is 8. The van der Waals surface area contributed by atoms with Gasteiger partial charge in [0, 0.05) is 24.9 Å². The monoisotopic (exact) mass is 799 g/mol. The van der Waals surface area contributed by atoms with Crippen molar-refractivity contribution in [2.45, 2.75) is 132 Å². The minimum absolute atomic E-state index is 0.0677. The van der Waals surface area contributed by atoms with Crippen molar-refractivity contribution in [3.63, 3.8) is 0 Å². The van der Waals surface area contributed by atoms with E-state index in [0.717, 1.165) is 11.1 Å². The number of carbonyl (C=O) groups is 3. The van der Waals surface area contributed by atoms with Gasteiger partial charge in [-0.05, 0) is 36.8 Å². The Morgan fingerprint density at radius 2 is 1.44 bits per heavy atom. The minimum Gasteiger partial charge on any atom is -0.445 e. The third-order valence-corrected chi connectivity index (χ3v) is 11.6. The standard InChI is InChI=1S/C40H53N3O14/c1-21-16-28-33(34-30(43(3)40(49)56-34)36(53-28)57-37-32(46)31(45)22(2)29(18-44)54-37)55-35(21)52-27-15-14-25(41-38(47)50-19-23-10-6-4-7-11-23)17-26(27)42-39(48)51-20-24-12-8-5-9-13-24/h4-13,21-22,25-37,44-46H,14-20H2,1-3H3,(H,41,47)(H,42,48)/t21?,22-,25+,26?,27+,28+,29?,30?,31-,32?,33?,34?,35+,36?,37-/m1/s1. The van der Waals surface area contributed by atoms with Crippen LogP contribution in [0.4, 0.5) is 14.4 Å². The van der Waals surface area contributed by atoms with Crippen molar-refractivity contribution < 1.29 is 67.6 Å². The highest BCUT2D eigenvalue weighted by Gasteiger charge is 2.60. The van der Waals surface area contributed by atoms with Crippen LogP contribution in [-0.2, 0) is 51.1 Å². The number of hydrogen-bond acceptors (Lipinski definition) is 14. The lowest BCUT2D eigenvalue weighted by molar-refractivity contribution is -0.376. The Labute approximate surface area is 330 Å². The van der Waals surface area contributed by atoms with Crippen molar-refractivity contribution >= 4 is 18.3 Å². The Kier molecular flexibility index (Phi) is 13.2. The van der Waals surface area contributed by atoms with Gasteiger partial charge in [0.1, 0.15) is 31.5 Å².